The Kier molecular flexibility index (Phi) is 2.98. The molecular formula is C13H20N4O3. The Hall–Kier alpha value is -1.60. The van der Waals surface area contributed by atoms with Crippen LogP contribution in [0.25, 0.3) is 0 Å². The van der Waals surface area contributed by atoms with Crippen molar-refractivity contribution in [3.05, 3.63) is 15.9 Å². The zero-order chi connectivity index (χ0) is 14.5. The van der Waals surface area contributed by atoms with E-state index < -0.39 is 5.79 Å². The van der Waals surface area contributed by atoms with Crippen LogP contribution in [0.5, 0.6) is 0 Å². The highest BCUT2D eigenvalue weighted by Crippen LogP contribution is 2.35. The highest BCUT2D eigenvalue weighted by Gasteiger charge is 2.44. The number of aromatic nitrogens is 2. The fourth-order valence-corrected chi connectivity index (χ4v) is 3.09. The molecule has 3 atom stereocenters. The minimum Gasteiger partial charge on any atom is -0.369 e. The second kappa shape index (κ2) is 4.46. The zero-order valence-electron chi connectivity index (χ0n) is 11.9. The van der Waals surface area contributed by atoms with Crippen molar-refractivity contribution < 1.29 is 9.47 Å². The standard InChI is InChI=1S/C13H20N4O3/c1-6-9(20-13(2,3)19-6)7-4-8-10(15-5-7)16-12(14)17-11(8)18/h6-7,9H,4-5H2,1-3H3,(H4,14,15,16,17,18)/t6-,7-,9+/m1/s1. The van der Waals surface area contributed by atoms with Gasteiger partial charge in [-0.2, -0.15) is 4.98 Å². The van der Waals surface area contributed by atoms with Gasteiger partial charge in [0.25, 0.3) is 5.56 Å². The Morgan fingerprint density at radius 3 is 2.80 bits per heavy atom. The van der Waals surface area contributed by atoms with Gasteiger partial charge in [0, 0.05) is 12.5 Å². The highest BCUT2D eigenvalue weighted by molar-refractivity contribution is 5.48. The number of anilines is 2. The van der Waals surface area contributed by atoms with E-state index in [0.717, 1.165) is 0 Å². The van der Waals surface area contributed by atoms with Gasteiger partial charge in [-0.05, 0) is 27.2 Å². The second-order valence-electron chi connectivity index (χ2n) is 5.93. The Morgan fingerprint density at radius 2 is 2.15 bits per heavy atom. The van der Waals surface area contributed by atoms with Gasteiger partial charge in [-0.1, -0.05) is 0 Å². The predicted molar refractivity (Wildman–Crippen MR) is 74.5 cm³/mol. The molecule has 0 aromatic carbocycles. The van der Waals surface area contributed by atoms with E-state index in [4.69, 9.17) is 15.2 Å². The van der Waals surface area contributed by atoms with E-state index in [0.29, 0.717) is 24.3 Å². The van der Waals surface area contributed by atoms with Crippen molar-refractivity contribution in [2.24, 2.45) is 5.92 Å². The van der Waals surface area contributed by atoms with Gasteiger partial charge in [0.05, 0.1) is 17.8 Å². The molecule has 3 heterocycles. The molecule has 2 aliphatic rings. The molecule has 0 unspecified atom stereocenters. The smallest absolute Gasteiger partial charge is 0.257 e. The largest absolute Gasteiger partial charge is 0.369 e. The lowest BCUT2D eigenvalue weighted by molar-refractivity contribution is -0.149. The molecule has 0 aliphatic carbocycles. The summed E-state index contributed by atoms with van der Waals surface area (Å²) in [6.07, 6.45) is 0.570. The molecule has 0 spiro atoms. The lowest BCUT2D eigenvalue weighted by Crippen LogP contribution is -2.40. The number of fused-ring (bicyclic) bond motifs is 1. The van der Waals surface area contributed by atoms with Crippen LogP contribution in [0.4, 0.5) is 11.8 Å². The summed E-state index contributed by atoms with van der Waals surface area (Å²) in [4.78, 5) is 18.6. The first kappa shape index (κ1) is 13.4. The Balaban J connectivity index is 1.84. The van der Waals surface area contributed by atoms with Crippen LogP contribution in [0.3, 0.4) is 0 Å². The predicted octanol–water partition coefficient (Wildman–Crippen LogP) is 0.476. The van der Waals surface area contributed by atoms with Gasteiger partial charge in [0.2, 0.25) is 5.95 Å². The van der Waals surface area contributed by atoms with Gasteiger partial charge < -0.3 is 20.5 Å². The molecule has 1 aromatic rings. The zero-order valence-corrected chi connectivity index (χ0v) is 11.9. The number of aromatic amines is 1. The van der Waals surface area contributed by atoms with Crippen molar-refractivity contribution in [3.63, 3.8) is 0 Å². The maximum absolute atomic E-state index is 12.0. The third-order valence-electron chi connectivity index (χ3n) is 3.85. The average molecular weight is 280 g/mol. The van der Waals surface area contributed by atoms with Crippen LogP contribution in [-0.2, 0) is 15.9 Å². The first-order valence-corrected chi connectivity index (χ1v) is 6.84. The number of hydrogen-bond donors (Lipinski definition) is 3. The second-order valence-corrected chi connectivity index (χ2v) is 5.93. The number of hydrogen-bond acceptors (Lipinski definition) is 6. The minimum absolute atomic E-state index is 0.000766. The third-order valence-corrected chi connectivity index (χ3v) is 3.85. The lowest BCUT2D eigenvalue weighted by Gasteiger charge is -2.30. The van der Waals surface area contributed by atoms with Crippen LogP contribution < -0.4 is 16.6 Å². The number of rotatable bonds is 1. The molecule has 1 aromatic heterocycles. The molecule has 0 radical (unpaired) electrons. The maximum Gasteiger partial charge on any atom is 0.257 e. The maximum atomic E-state index is 12.0. The molecule has 7 heteroatoms. The number of nitrogens with two attached hydrogens (primary N) is 1. The summed E-state index contributed by atoms with van der Waals surface area (Å²) in [5.41, 5.74) is 6.00. The Morgan fingerprint density at radius 1 is 1.40 bits per heavy atom. The van der Waals surface area contributed by atoms with Crippen molar-refractivity contribution in [1.29, 1.82) is 0 Å². The topological polar surface area (TPSA) is 102 Å². The first-order valence-electron chi connectivity index (χ1n) is 6.84. The van der Waals surface area contributed by atoms with Crippen LogP contribution >= 0.6 is 0 Å². The van der Waals surface area contributed by atoms with Crippen LogP contribution in [0.15, 0.2) is 4.79 Å². The summed E-state index contributed by atoms with van der Waals surface area (Å²) in [7, 11) is 0. The molecule has 2 aliphatic heterocycles. The summed E-state index contributed by atoms with van der Waals surface area (Å²) in [6, 6.07) is 0. The SMILES string of the molecule is C[C@H]1OC(C)(C)O[C@@H]1[C@H]1CNc2nc(N)[nH]c(=O)c2C1. The molecule has 0 amide bonds. The molecule has 3 rings (SSSR count). The molecule has 0 saturated carbocycles. The molecule has 0 bridgehead atoms. The number of H-pyrrole nitrogens is 1. The normalized spacial score (nSPS) is 31.6. The monoisotopic (exact) mass is 280 g/mol. The average Bonchev–Trinajstić information content (AvgIpc) is 2.62. The van der Waals surface area contributed by atoms with E-state index in [1.54, 1.807) is 0 Å². The molecular weight excluding hydrogens is 260 g/mol. The lowest BCUT2D eigenvalue weighted by atomic mass is 9.89. The Bertz CT molecular complexity index is 583. The molecule has 20 heavy (non-hydrogen) atoms. The van der Waals surface area contributed by atoms with Gasteiger partial charge in [-0.25, -0.2) is 0 Å². The third kappa shape index (κ3) is 2.27. The molecule has 7 nitrogen and oxygen atoms in total. The minimum atomic E-state index is -0.573. The molecule has 4 N–H and O–H groups in total. The van der Waals surface area contributed by atoms with Crippen molar-refractivity contribution in [3.8, 4) is 0 Å². The molecule has 1 fully saturated rings. The van der Waals surface area contributed by atoms with Gasteiger partial charge in [-0.3, -0.25) is 9.78 Å². The van der Waals surface area contributed by atoms with Gasteiger partial charge in [0.1, 0.15) is 5.82 Å². The van der Waals surface area contributed by atoms with E-state index >= 15 is 0 Å². The van der Waals surface area contributed by atoms with Gasteiger partial charge in [-0.15, -0.1) is 0 Å². The number of nitrogen functional groups attached to an aromatic ring is 1. The quantitative estimate of drug-likeness (QED) is 0.691. The van der Waals surface area contributed by atoms with Crippen LogP contribution in [-0.4, -0.2) is 34.5 Å². The number of ether oxygens (including phenoxy) is 2. The van der Waals surface area contributed by atoms with Gasteiger partial charge >= 0.3 is 0 Å². The summed E-state index contributed by atoms with van der Waals surface area (Å²) in [6.45, 7) is 6.50. The van der Waals surface area contributed by atoms with Crippen LogP contribution in [0, 0.1) is 5.92 Å². The van der Waals surface area contributed by atoms with Crippen molar-refractivity contribution >= 4 is 11.8 Å². The summed E-state index contributed by atoms with van der Waals surface area (Å²) < 4.78 is 11.7. The van der Waals surface area contributed by atoms with Gasteiger partial charge in [0.15, 0.2) is 5.79 Å². The van der Waals surface area contributed by atoms with Crippen molar-refractivity contribution in [2.75, 3.05) is 17.6 Å². The summed E-state index contributed by atoms with van der Waals surface area (Å²) in [5, 5.41) is 3.17. The molecule has 1 saturated heterocycles. The fraction of sp³-hybridized carbons (Fsp3) is 0.692. The van der Waals surface area contributed by atoms with Crippen molar-refractivity contribution in [1.82, 2.24) is 9.97 Å². The van der Waals surface area contributed by atoms with E-state index in [-0.39, 0.29) is 29.6 Å². The number of nitrogens with one attached hydrogen (secondary N) is 2. The summed E-state index contributed by atoms with van der Waals surface area (Å²) >= 11 is 0. The van der Waals surface area contributed by atoms with Crippen LogP contribution in [0.1, 0.15) is 26.3 Å². The van der Waals surface area contributed by atoms with E-state index in [1.807, 2.05) is 20.8 Å². The summed E-state index contributed by atoms with van der Waals surface area (Å²) in [5.74, 6) is 0.310. The van der Waals surface area contributed by atoms with E-state index in [1.165, 1.54) is 0 Å². The van der Waals surface area contributed by atoms with Crippen molar-refractivity contribution in [2.45, 2.75) is 45.2 Å². The first-order chi connectivity index (χ1) is 9.35. The Labute approximate surface area is 116 Å². The number of nitrogens with zero attached hydrogens (tertiary/aromatic N) is 1. The highest BCUT2D eigenvalue weighted by atomic mass is 16.7. The van der Waals surface area contributed by atoms with E-state index in [9.17, 15) is 4.79 Å². The fourth-order valence-electron chi connectivity index (χ4n) is 3.09. The van der Waals surface area contributed by atoms with E-state index in [2.05, 4.69) is 15.3 Å². The molecule has 110 valence electrons. The van der Waals surface area contributed by atoms with Crippen LogP contribution in [0.2, 0.25) is 0 Å².